The summed E-state index contributed by atoms with van der Waals surface area (Å²) >= 11 is 0. The van der Waals surface area contributed by atoms with Gasteiger partial charge in [0.25, 0.3) is 0 Å². The fourth-order valence-electron chi connectivity index (χ4n) is 2.31. The normalized spacial score (nSPS) is 22.6. The number of carboxylic acids is 1. The van der Waals surface area contributed by atoms with Crippen LogP contribution < -0.4 is 5.32 Å². The maximum Gasteiger partial charge on any atom is 0.306 e. The highest BCUT2D eigenvalue weighted by Gasteiger charge is 2.42. The first-order valence-electron chi connectivity index (χ1n) is 6.46. The van der Waals surface area contributed by atoms with Crippen molar-refractivity contribution in [3.8, 4) is 0 Å². The minimum Gasteiger partial charge on any atom is -0.481 e. The molecule has 0 spiro atoms. The molecule has 0 aliphatic heterocycles. The summed E-state index contributed by atoms with van der Waals surface area (Å²) in [4.78, 5) is 10.8. The third-order valence-corrected chi connectivity index (χ3v) is 3.53. The number of aliphatic carboxylic acids is 1. The van der Waals surface area contributed by atoms with Crippen LogP contribution in [0.25, 0.3) is 0 Å². The van der Waals surface area contributed by atoms with Gasteiger partial charge in [-0.2, -0.15) is 0 Å². The molecule has 3 heteroatoms. The Morgan fingerprint density at radius 2 is 2.06 bits per heavy atom. The second-order valence-electron chi connectivity index (χ2n) is 6.12. The van der Waals surface area contributed by atoms with Gasteiger partial charge in [-0.05, 0) is 29.4 Å². The molecule has 0 heterocycles. The summed E-state index contributed by atoms with van der Waals surface area (Å²) in [5.41, 5.74) is 2.50. The highest BCUT2D eigenvalue weighted by Crippen LogP contribution is 2.39. The first-order chi connectivity index (χ1) is 8.39. The Morgan fingerprint density at radius 1 is 1.39 bits per heavy atom. The molecular weight excluding hydrogens is 226 g/mol. The fraction of sp³-hybridized carbons (Fsp3) is 0.533. The van der Waals surface area contributed by atoms with Crippen molar-refractivity contribution in [1.82, 2.24) is 0 Å². The zero-order valence-electron chi connectivity index (χ0n) is 11.2. The monoisotopic (exact) mass is 247 g/mol. The smallest absolute Gasteiger partial charge is 0.306 e. The van der Waals surface area contributed by atoms with Crippen LogP contribution >= 0.6 is 0 Å². The molecule has 3 nitrogen and oxygen atoms in total. The van der Waals surface area contributed by atoms with E-state index in [0.29, 0.717) is 0 Å². The Kier molecular flexibility index (Phi) is 3.33. The highest BCUT2D eigenvalue weighted by atomic mass is 16.4. The second kappa shape index (κ2) is 4.63. The standard InChI is InChI=1S/C15H21NO2/c1-15(2,3)12-6-4-5-7-13(12)16-9-10-8-11(10)14(17)18/h4-7,10-11,16H,8-9H2,1-3H3,(H,17,18). The van der Waals surface area contributed by atoms with Gasteiger partial charge in [0.2, 0.25) is 0 Å². The molecule has 1 aromatic carbocycles. The Labute approximate surface area is 108 Å². The van der Waals surface area contributed by atoms with Gasteiger partial charge in [-0.3, -0.25) is 4.79 Å². The van der Waals surface area contributed by atoms with Crippen molar-refractivity contribution in [3.05, 3.63) is 29.8 Å². The third-order valence-electron chi connectivity index (χ3n) is 3.53. The molecule has 1 fully saturated rings. The molecule has 2 atom stereocenters. The first kappa shape index (κ1) is 12.9. The first-order valence-corrected chi connectivity index (χ1v) is 6.46. The van der Waals surface area contributed by atoms with Crippen LogP contribution in [0, 0.1) is 11.8 Å². The lowest BCUT2D eigenvalue weighted by Crippen LogP contribution is -2.16. The molecule has 18 heavy (non-hydrogen) atoms. The summed E-state index contributed by atoms with van der Waals surface area (Å²) in [5, 5.41) is 12.3. The predicted octanol–water partition coefficient (Wildman–Crippen LogP) is 3.12. The molecule has 2 rings (SSSR count). The molecule has 0 bridgehead atoms. The molecule has 0 saturated heterocycles. The molecule has 0 aromatic heterocycles. The minimum atomic E-state index is -0.661. The van der Waals surface area contributed by atoms with Gasteiger partial charge in [0, 0.05) is 12.2 Å². The number of hydrogen-bond acceptors (Lipinski definition) is 2. The zero-order valence-corrected chi connectivity index (χ0v) is 11.2. The van der Waals surface area contributed by atoms with Crippen LogP contribution in [0.2, 0.25) is 0 Å². The number of hydrogen-bond donors (Lipinski definition) is 2. The van der Waals surface area contributed by atoms with E-state index in [4.69, 9.17) is 5.11 Å². The minimum absolute atomic E-state index is 0.0966. The van der Waals surface area contributed by atoms with Gasteiger partial charge in [-0.1, -0.05) is 39.0 Å². The van der Waals surface area contributed by atoms with E-state index in [1.807, 2.05) is 12.1 Å². The average molecular weight is 247 g/mol. The predicted molar refractivity (Wildman–Crippen MR) is 72.9 cm³/mol. The second-order valence-corrected chi connectivity index (χ2v) is 6.12. The van der Waals surface area contributed by atoms with Gasteiger partial charge in [0.05, 0.1) is 5.92 Å². The van der Waals surface area contributed by atoms with Gasteiger partial charge in [-0.15, -0.1) is 0 Å². The van der Waals surface area contributed by atoms with Gasteiger partial charge in [0.1, 0.15) is 0 Å². The van der Waals surface area contributed by atoms with Crippen molar-refractivity contribution >= 4 is 11.7 Å². The molecule has 0 amide bonds. The van der Waals surface area contributed by atoms with E-state index in [0.717, 1.165) is 18.7 Å². The van der Waals surface area contributed by atoms with Gasteiger partial charge in [-0.25, -0.2) is 0 Å². The lowest BCUT2D eigenvalue weighted by atomic mass is 9.86. The van der Waals surface area contributed by atoms with Gasteiger partial charge in [0.15, 0.2) is 0 Å². The molecule has 1 aliphatic carbocycles. The molecule has 1 saturated carbocycles. The van der Waals surface area contributed by atoms with E-state index >= 15 is 0 Å². The fourth-order valence-corrected chi connectivity index (χ4v) is 2.31. The van der Waals surface area contributed by atoms with Crippen molar-refractivity contribution in [3.63, 3.8) is 0 Å². The van der Waals surface area contributed by atoms with Crippen LogP contribution in [-0.2, 0) is 10.2 Å². The van der Waals surface area contributed by atoms with E-state index in [-0.39, 0.29) is 17.3 Å². The SMILES string of the molecule is CC(C)(C)c1ccccc1NCC1CC1C(=O)O. The molecule has 2 unspecified atom stereocenters. The van der Waals surface area contributed by atoms with Crippen molar-refractivity contribution in [2.75, 3.05) is 11.9 Å². The van der Waals surface area contributed by atoms with Gasteiger partial charge >= 0.3 is 5.97 Å². The lowest BCUT2D eigenvalue weighted by Gasteiger charge is -2.23. The summed E-state index contributed by atoms with van der Waals surface area (Å²) in [6.45, 7) is 7.31. The van der Waals surface area contributed by atoms with Crippen LogP contribution in [-0.4, -0.2) is 17.6 Å². The van der Waals surface area contributed by atoms with Crippen LogP contribution in [0.3, 0.4) is 0 Å². The summed E-state index contributed by atoms with van der Waals surface area (Å²) in [7, 11) is 0. The number of nitrogens with one attached hydrogen (secondary N) is 1. The maximum atomic E-state index is 10.8. The maximum absolute atomic E-state index is 10.8. The number of para-hydroxylation sites is 1. The number of anilines is 1. The van der Waals surface area contributed by atoms with E-state index in [1.54, 1.807) is 0 Å². The van der Waals surface area contributed by atoms with E-state index < -0.39 is 5.97 Å². The Balaban J connectivity index is 2.00. The van der Waals surface area contributed by atoms with Crippen molar-refractivity contribution in [2.24, 2.45) is 11.8 Å². The Morgan fingerprint density at radius 3 is 2.61 bits per heavy atom. The molecule has 1 aliphatic rings. The zero-order chi connectivity index (χ0) is 13.3. The highest BCUT2D eigenvalue weighted by molar-refractivity contribution is 5.73. The average Bonchev–Trinajstić information content (AvgIpc) is 3.05. The summed E-state index contributed by atoms with van der Waals surface area (Å²) in [6, 6.07) is 8.25. The molecule has 0 radical (unpaired) electrons. The van der Waals surface area contributed by atoms with Crippen LogP contribution in [0.4, 0.5) is 5.69 Å². The van der Waals surface area contributed by atoms with Crippen molar-refractivity contribution < 1.29 is 9.90 Å². The molecule has 1 aromatic rings. The van der Waals surface area contributed by atoms with Gasteiger partial charge < -0.3 is 10.4 Å². The van der Waals surface area contributed by atoms with E-state index in [1.165, 1.54) is 5.56 Å². The third kappa shape index (κ3) is 2.84. The summed E-state index contributed by atoms with van der Waals surface area (Å²) < 4.78 is 0. The van der Waals surface area contributed by atoms with Crippen molar-refractivity contribution in [2.45, 2.75) is 32.6 Å². The molecule has 98 valence electrons. The lowest BCUT2D eigenvalue weighted by molar-refractivity contribution is -0.138. The quantitative estimate of drug-likeness (QED) is 0.859. The summed E-state index contributed by atoms with van der Waals surface area (Å²) in [5.74, 6) is -0.513. The largest absolute Gasteiger partial charge is 0.481 e. The Hall–Kier alpha value is -1.51. The molecule has 2 N–H and O–H groups in total. The number of carboxylic acid groups (broad SMARTS) is 1. The van der Waals surface area contributed by atoms with Crippen LogP contribution in [0.15, 0.2) is 24.3 Å². The number of carbonyl (C=O) groups is 1. The van der Waals surface area contributed by atoms with Crippen molar-refractivity contribution in [1.29, 1.82) is 0 Å². The Bertz CT molecular complexity index is 448. The van der Waals surface area contributed by atoms with E-state index in [2.05, 4.69) is 38.2 Å². The topological polar surface area (TPSA) is 49.3 Å². The van der Waals surface area contributed by atoms with E-state index in [9.17, 15) is 4.79 Å². The number of benzene rings is 1. The number of rotatable bonds is 4. The van der Waals surface area contributed by atoms with Crippen LogP contribution in [0.5, 0.6) is 0 Å². The summed E-state index contributed by atoms with van der Waals surface area (Å²) in [6.07, 6.45) is 0.806. The molecular formula is C15H21NO2. The van der Waals surface area contributed by atoms with Crippen LogP contribution in [0.1, 0.15) is 32.8 Å².